The van der Waals surface area contributed by atoms with Crippen molar-refractivity contribution in [2.24, 2.45) is 0 Å². The zero-order valence-corrected chi connectivity index (χ0v) is 17.0. The van der Waals surface area contributed by atoms with Crippen molar-refractivity contribution in [2.75, 3.05) is 0 Å². The van der Waals surface area contributed by atoms with Gasteiger partial charge in [0.1, 0.15) is 6.10 Å². The van der Waals surface area contributed by atoms with Gasteiger partial charge < -0.3 is 9.16 Å². The lowest BCUT2D eigenvalue weighted by Gasteiger charge is -2.41. The van der Waals surface area contributed by atoms with Crippen molar-refractivity contribution in [1.82, 2.24) is 0 Å². The molecular formula is C20H32O3Si. The molecule has 0 N–H and O–H groups in total. The van der Waals surface area contributed by atoms with Gasteiger partial charge in [-0.2, -0.15) is 0 Å². The molecule has 0 aromatic heterocycles. The van der Waals surface area contributed by atoms with Crippen LogP contribution in [0.4, 0.5) is 0 Å². The lowest BCUT2D eigenvalue weighted by atomic mass is 9.95. The highest BCUT2D eigenvalue weighted by molar-refractivity contribution is 6.74. The first kappa shape index (κ1) is 19.2. The van der Waals surface area contributed by atoms with E-state index < -0.39 is 8.32 Å². The van der Waals surface area contributed by atoms with Gasteiger partial charge in [-0.3, -0.25) is 0 Å². The summed E-state index contributed by atoms with van der Waals surface area (Å²) in [7, 11) is -1.71. The van der Waals surface area contributed by atoms with E-state index in [0.717, 1.165) is 31.2 Å². The summed E-state index contributed by atoms with van der Waals surface area (Å²) in [6, 6.07) is 7.56. The Morgan fingerprint density at radius 1 is 1.00 bits per heavy atom. The van der Waals surface area contributed by atoms with Crippen LogP contribution < -0.4 is 0 Å². The first-order chi connectivity index (χ1) is 11.1. The Morgan fingerprint density at radius 2 is 1.50 bits per heavy atom. The minimum absolute atomic E-state index is 0.0260. The standard InChI is InChI=1S/C20H32O3Si/c1-15-7-9-16(10-8-15)19(21)22-17-11-13-18(14-12-17)23-24(5,6)20(2,3)4/h7-10,17-18H,11-14H2,1-6H3. The van der Waals surface area contributed by atoms with Crippen LogP contribution in [0, 0.1) is 6.92 Å². The van der Waals surface area contributed by atoms with Gasteiger partial charge in [-0.25, -0.2) is 4.79 Å². The number of aryl methyl sites for hydroxylation is 1. The summed E-state index contributed by atoms with van der Waals surface area (Å²) in [5.74, 6) is -0.205. The SMILES string of the molecule is Cc1ccc(C(=O)OC2CCC(O[Si](C)(C)C(C)(C)C)CC2)cc1. The number of hydrogen-bond acceptors (Lipinski definition) is 3. The van der Waals surface area contributed by atoms with Crippen LogP contribution in [0.1, 0.15) is 62.4 Å². The number of esters is 1. The molecule has 1 aliphatic rings. The molecule has 1 aromatic rings. The normalized spacial score (nSPS) is 22.2. The molecule has 1 aliphatic carbocycles. The largest absolute Gasteiger partial charge is 0.459 e. The van der Waals surface area contributed by atoms with Gasteiger partial charge in [0.15, 0.2) is 8.32 Å². The Bertz CT molecular complexity index is 549. The van der Waals surface area contributed by atoms with Crippen LogP contribution in [-0.2, 0) is 9.16 Å². The Kier molecular flexibility index (Phi) is 5.92. The molecule has 134 valence electrons. The summed E-state index contributed by atoms with van der Waals surface area (Å²) in [6.45, 7) is 13.4. The second kappa shape index (κ2) is 7.40. The highest BCUT2D eigenvalue weighted by atomic mass is 28.4. The molecule has 0 saturated heterocycles. The van der Waals surface area contributed by atoms with Crippen LogP contribution in [-0.4, -0.2) is 26.5 Å². The third-order valence-corrected chi connectivity index (χ3v) is 9.98. The predicted molar refractivity (Wildman–Crippen MR) is 101 cm³/mol. The van der Waals surface area contributed by atoms with Gasteiger partial charge in [0, 0.05) is 6.10 Å². The van der Waals surface area contributed by atoms with Crippen LogP contribution in [0.5, 0.6) is 0 Å². The molecule has 1 saturated carbocycles. The van der Waals surface area contributed by atoms with Gasteiger partial charge in [-0.05, 0) is 62.9 Å². The van der Waals surface area contributed by atoms with E-state index in [2.05, 4.69) is 33.9 Å². The molecule has 0 aliphatic heterocycles. The predicted octanol–water partition coefficient (Wildman–Crippen LogP) is 5.48. The molecule has 0 spiro atoms. The maximum absolute atomic E-state index is 12.2. The maximum atomic E-state index is 12.2. The molecule has 3 nitrogen and oxygen atoms in total. The molecule has 0 radical (unpaired) electrons. The van der Waals surface area contributed by atoms with Crippen LogP contribution in [0.25, 0.3) is 0 Å². The average molecular weight is 349 g/mol. The van der Waals surface area contributed by atoms with Crippen molar-refractivity contribution in [3.63, 3.8) is 0 Å². The van der Waals surface area contributed by atoms with E-state index in [9.17, 15) is 4.79 Å². The van der Waals surface area contributed by atoms with E-state index in [-0.39, 0.29) is 17.1 Å². The van der Waals surface area contributed by atoms with Crippen molar-refractivity contribution < 1.29 is 14.0 Å². The molecule has 0 atom stereocenters. The lowest BCUT2D eigenvalue weighted by Crippen LogP contribution is -2.45. The molecule has 1 aromatic carbocycles. The van der Waals surface area contributed by atoms with Crippen LogP contribution in [0.15, 0.2) is 24.3 Å². The van der Waals surface area contributed by atoms with Crippen molar-refractivity contribution in [3.8, 4) is 0 Å². The Morgan fingerprint density at radius 3 is 2.00 bits per heavy atom. The van der Waals surface area contributed by atoms with Crippen molar-refractivity contribution in [3.05, 3.63) is 35.4 Å². The molecule has 0 unspecified atom stereocenters. The van der Waals surface area contributed by atoms with Gasteiger partial charge in [0.2, 0.25) is 0 Å². The molecule has 4 heteroatoms. The molecule has 0 amide bonds. The third kappa shape index (κ3) is 4.93. The van der Waals surface area contributed by atoms with Crippen LogP contribution in [0.3, 0.4) is 0 Å². The monoisotopic (exact) mass is 348 g/mol. The number of hydrogen-bond donors (Lipinski definition) is 0. The fourth-order valence-electron chi connectivity index (χ4n) is 2.77. The van der Waals surface area contributed by atoms with Crippen molar-refractivity contribution in [1.29, 1.82) is 0 Å². The third-order valence-electron chi connectivity index (χ3n) is 5.45. The number of benzene rings is 1. The highest BCUT2D eigenvalue weighted by Gasteiger charge is 2.40. The summed E-state index contributed by atoms with van der Waals surface area (Å²) < 4.78 is 12.2. The minimum Gasteiger partial charge on any atom is -0.459 e. The summed E-state index contributed by atoms with van der Waals surface area (Å²) >= 11 is 0. The fraction of sp³-hybridized carbons (Fsp3) is 0.650. The van der Waals surface area contributed by atoms with Crippen LogP contribution in [0.2, 0.25) is 18.1 Å². The Hall–Kier alpha value is -1.13. The van der Waals surface area contributed by atoms with E-state index in [1.165, 1.54) is 0 Å². The van der Waals surface area contributed by atoms with E-state index in [1.54, 1.807) is 0 Å². The number of carbonyl (C=O) groups is 1. The van der Waals surface area contributed by atoms with Gasteiger partial charge in [-0.1, -0.05) is 38.5 Å². The molecule has 0 bridgehead atoms. The molecule has 1 fully saturated rings. The smallest absolute Gasteiger partial charge is 0.338 e. The van der Waals surface area contributed by atoms with Gasteiger partial charge in [0.25, 0.3) is 0 Å². The van der Waals surface area contributed by atoms with Crippen molar-refractivity contribution in [2.45, 2.75) is 83.7 Å². The zero-order chi connectivity index (χ0) is 18.0. The summed E-state index contributed by atoms with van der Waals surface area (Å²) in [4.78, 5) is 12.2. The Labute approximate surface area is 147 Å². The van der Waals surface area contributed by atoms with Crippen LogP contribution >= 0.6 is 0 Å². The zero-order valence-electron chi connectivity index (χ0n) is 16.0. The topological polar surface area (TPSA) is 35.5 Å². The van der Waals surface area contributed by atoms with E-state index in [0.29, 0.717) is 11.7 Å². The fourth-order valence-corrected chi connectivity index (χ4v) is 4.19. The molecule has 0 heterocycles. The highest BCUT2D eigenvalue weighted by Crippen LogP contribution is 2.39. The number of rotatable bonds is 4. The second-order valence-electron chi connectivity index (χ2n) is 8.55. The summed E-state index contributed by atoms with van der Waals surface area (Å²) in [6.07, 6.45) is 4.11. The van der Waals surface area contributed by atoms with Gasteiger partial charge >= 0.3 is 5.97 Å². The average Bonchev–Trinajstić information content (AvgIpc) is 2.48. The molecule has 24 heavy (non-hydrogen) atoms. The quantitative estimate of drug-likeness (QED) is 0.533. The van der Waals surface area contributed by atoms with Gasteiger partial charge in [-0.15, -0.1) is 0 Å². The lowest BCUT2D eigenvalue weighted by molar-refractivity contribution is 0.00652. The minimum atomic E-state index is -1.71. The van der Waals surface area contributed by atoms with E-state index in [4.69, 9.17) is 9.16 Å². The molecule has 2 rings (SSSR count). The first-order valence-corrected chi connectivity index (χ1v) is 11.9. The molecular weight excluding hydrogens is 316 g/mol. The van der Waals surface area contributed by atoms with Crippen molar-refractivity contribution >= 4 is 14.3 Å². The second-order valence-corrected chi connectivity index (χ2v) is 13.3. The number of carbonyl (C=O) groups excluding carboxylic acids is 1. The maximum Gasteiger partial charge on any atom is 0.338 e. The number of ether oxygens (including phenoxy) is 1. The Balaban J connectivity index is 1.82. The van der Waals surface area contributed by atoms with Gasteiger partial charge in [0.05, 0.1) is 5.56 Å². The van der Waals surface area contributed by atoms with E-state index >= 15 is 0 Å². The van der Waals surface area contributed by atoms with E-state index in [1.807, 2.05) is 31.2 Å². The summed E-state index contributed by atoms with van der Waals surface area (Å²) in [5, 5.41) is 0.238. The summed E-state index contributed by atoms with van der Waals surface area (Å²) in [5.41, 5.74) is 1.79. The first-order valence-electron chi connectivity index (χ1n) is 9.04.